The summed E-state index contributed by atoms with van der Waals surface area (Å²) in [7, 11) is 0. The van der Waals surface area contributed by atoms with Crippen molar-refractivity contribution in [2.24, 2.45) is 5.41 Å². The van der Waals surface area contributed by atoms with Crippen LogP contribution in [-0.2, 0) is 4.74 Å². The lowest BCUT2D eigenvalue weighted by atomic mass is 9.80. The highest BCUT2D eigenvalue weighted by Gasteiger charge is 2.41. The largest absolute Gasteiger partial charge is 0.379 e. The van der Waals surface area contributed by atoms with Gasteiger partial charge in [-0.15, -0.1) is 0 Å². The Morgan fingerprint density at radius 1 is 1.27 bits per heavy atom. The van der Waals surface area contributed by atoms with Gasteiger partial charge in [0.25, 0.3) is 5.91 Å². The van der Waals surface area contributed by atoms with Crippen LogP contribution in [0.5, 0.6) is 0 Å². The van der Waals surface area contributed by atoms with Gasteiger partial charge in [-0.25, -0.2) is 14.4 Å². The summed E-state index contributed by atoms with van der Waals surface area (Å²) in [5, 5.41) is 0. The van der Waals surface area contributed by atoms with Crippen LogP contribution in [0.1, 0.15) is 23.3 Å². The van der Waals surface area contributed by atoms with Crippen LogP contribution in [0.4, 0.5) is 10.3 Å². The number of aromatic amines is 1. The topological polar surface area (TPSA) is 74.3 Å². The number of halogens is 1. The van der Waals surface area contributed by atoms with E-state index in [-0.39, 0.29) is 11.3 Å². The molecule has 2 aliphatic rings. The molecule has 1 spiro atoms. The van der Waals surface area contributed by atoms with Crippen LogP contribution in [0.2, 0.25) is 0 Å². The van der Waals surface area contributed by atoms with Gasteiger partial charge in [0.15, 0.2) is 5.82 Å². The lowest BCUT2D eigenvalue weighted by Gasteiger charge is -2.43. The molecule has 2 aliphatic heterocycles. The minimum atomic E-state index is -0.449. The summed E-state index contributed by atoms with van der Waals surface area (Å²) in [6.07, 6.45) is 6.02. The van der Waals surface area contributed by atoms with Crippen molar-refractivity contribution in [3.63, 3.8) is 0 Å². The molecule has 0 radical (unpaired) electrons. The molecular weight excluding hydrogens is 337 g/mol. The molecule has 0 saturated carbocycles. The number of piperidine rings is 1. The summed E-state index contributed by atoms with van der Waals surface area (Å²) < 4.78 is 19.0. The van der Waals surface area contributed by atoms with Gasteiger partial charge >= 0.3 is 0 Å². The maximum Gasteiger partial charge on any atom is 0.270 e. The van der Waals surface area contributed by atoms with E-state index < -0.39 is 5.82 Å². The van der Waals surface area contributed by atoms with Gasteiger partial charge in [0.2, 0.25) is 5.95 Å². The number of hydrogen-bond acceptors (Lipinski definition) is 5. The number of carbonyl (C=O) groups excluding carboxylic acids is 1. The lowest BCUT2D eigenvalue weighted by molar-refractivity contribution is 0.0133. The molecule has 4 rings (SSSR count). The number of likely N-dealkylation sites (tertiary alicyclic amines) is 1. The van der Waals surface area contributed by atoms with Crippen molar-refractivity contribution in [2.45, 2.75) is 12.8 Å². The van der Waals surface area contributed by atoms with Crippen molar-refractivity contribution in [2.75, 3.05) is 44.3 Å². The highest BCUT2D eigenvalue weighted by atomic mass is 19.1. The Bertz CT molecular complexity index is 751. The zero-order chi connectivity index (χ0) is 18.0. The summed E-state index contributed by atoms with van der Waals surface area (Å²) >= 11 is 0. The van der Waals surface area contributed by atoms with Crippen molar-refractivity contribution >= 4 is 11.9 Å². The molecule has 2 aromatic rings. The number of aromatic nitrogens is 3. The molecule has 1 amide bonds. The normalized spacial score (nSPS) is 23.9. The zero-order valence-electron chi connectivity index (χ0n) is 14.5. The molecule has 0 aromatic carbocycles. The number of anilines is 1. The fourth-order valence-corrected chi connectivity index (χ4v) is 3.89. The Kier molecular flexibility index (Phi) is 4.58. The van der Waals surface area contributed by atoms with E-state index in [0.717, 1.165) is 19.4 Å². The van der Waals surface area contributed by atoms with Gasteiger partial charge in [0.05, 0.1) is 25.6 Å². The van der Waals surface area contributed by atoms with Crippen molar-refractivity contribution < 1.29 is 13.9 Å². The molecule has 0 bridgehead atoms. The highest BCUT2D eigenvalue weighted by Crippen LogP contribution is 2.34. The van der Waals surface area contributed by atoms with E-state index in [1.807, 2.05) is 15.9 Å². The van der Waals surface area contributed by atoms with Gasteiger partial charge in [0, 0.05) is 37.8 Å². The number of nitrogens with one attached hydrogen (secondary N) is 1. The molecule has 138 valence electrons. The van der Waals surface area contributed by atoms with Crippen LogP contribution in [0, 0.1) is 11.2 Å². The van der Waals surface area contributed by atoms with E-state index in [4.69, 9.17) is 4.74 Å². The van der Waals surface area contributed by atoms with E-state index in [1.165, 1.54) is 12.4 Å². The number of carbonyl (C=O) groups is 1. The van der Waals surface area contributed by atoms with Gasteiger partial charge < -0.3 is 19.5 Å². The third kappa shape index (κ3) is 3.41. The fraction of sp³-hybridized carbons (Fsp3) is 0.500. The molecule has 4 heterocycles. The first-order valence-corrected chi connectivity index (χ1v) is 8.88. The third-order valence-electron chi connectivity index (χ3n) is 5.11. The van der Waals surface area contributed by atoms with Gasteiger partial charge in [-0.2, -0.15) is 0 Å². The van der Waals surface area contributed by atoms with Crippen LogP contribution in [0.25, 0.3) is 0 Å². The molecular formula is C18H22FN5O2. The van der Waals surface area contributed by atoms with Gasteiger partial charge in [-0.05, 0) is 25.0 Å². The molecule has 7 nitrogen and oxygen atoms in total. The molecule has 2 aromatic heterocycles. The second kappa shape index (κ2) is 7.03. The summed E-state index contributed by atoms with van der Waals surface area (Å²) in [6, 6.07) is 3.63. The van der Waals surface area contributed by atoms with E-state index in [1.54, 1.807) is 12.3 Å². The predicted molar refractivity (Wildman–Crippen MR) is 93.4 cm³/mol. The first-order valence-electron chi connectivity index (χ1n) is 8.88. The zero-order valence-corrected chi connectivity index (χ0v) is 14.5. The van der Waals surface area contributed by atoms with Crippen molar-refractivity contribution in [1.29, 1.82) is 0 Å². The molecule has 26 heavy (non-hydrogen) atoms. The van der Waals surface area contributed by atoms with Crippen LogP contribution >= 0.6 is 0 Å². The quantitative estimate of drug-likeness (QED) is 0.883. The number of ether oxygens (including phenoxy) is 1. The van der Waals surface area contributed by atoms with Crippen molar-refractivity contribution in [1.82, 2.24) is 19.9 Å². The molecule has 1 N–H and O–H groups in total. The average Bonchev–Trinajstić information content (AvgIpc) is 3.12. The molecule has 2 saturated heterocycles. The summed E-state index contributed by atoms with van der Waals surface area (Å²) in [5.74, 6) is 0.0712. The Morgan fingerprint density at radius 2 is 2.12 bits per heavy atom. The van der Waals surface area contributed by atoms with Crippen LogP contribution in [0.15, 0.2) is 30.7 Å². The summed E-state index contributed by atoms with van der Waals surface area (Å²) in [5.41, 5.74) is 0.435. The maximum atomic E-state index is 13.1. The minimum Gasteiger partial charge on any atom is -0.379 e. The smallest absolute Gasteiger partial charge is 0.270 e. The Hall–Kier alpha value is -2.48. The second-order valence-electron chi connectivity index (χ2n) is 7.09. The summed E-state index contributed by atoms with van der Waals surface area (Å²) in [4.78, 5) is 27.9. The highest BCUT2D eigenvalue weighted by molar-refractivity contribution is 5.92. The van der Waals surface area contributed by atoms with Crippen LogP contribution < -0.4 is 4.90 Å². The monoisotopic (exact) mass is 359 g/mol. The average molecular weight is 359 g/mol. The SMILES string of the molecule is O=C(c1ccc[nH]1)N1CCCC2(COCCN(c3ncc(F)cn3)C2)C1. The van der Waals surface area contributed by atoms with Crippen molar-refractivity contribution in [3.8, 4) is 0 Å². The Labute approximate surface area is 151 Å². The second-order valence-corrected chi connectivity index (χ2v) is 7.09. The van der Waals surface area contributed by atoms with Crippen molar-refractivity contribution in [3.05, 3.63) is 42.2 Å². The maximum absolute atomic E-state index is 13.1. The van der Waals surface area contributed by atoms with E-state index in [0.29, 0.717) is 44.5 Å². The first kappa shape index (κ1) is 17.0. The van der Waals surface area contributed by atoms with E-state index in [9.17, 15) is 9.18 Å². The van der Waals surface area contributed by atoms with Gasteiger partial charge in [-0.1, -0.05) is 0 Å². The first-order chi connectivity index (χ1) is 12.7. The third-order valence-corrected chi connectivity index (χ3v) is 5.11. The number of rotatable bonds is 2. The van der Waals surface area contributed by atoms with E-state index in [2.05, 4.69) is 15.0 Å². The lowest BCUT2D eigenvalue weighted by Crippen LogP contribution is -2.52. The van der Waals surface area contributed by atoms with E-state index >= 15 is 0 Å². The molecule has 2 fully saturated rings. The number of amides is 1. The fourth-order valence-electron chi connectivity index (χ4n) is 3.89. The Morgan fingerprint density at radius 3 is 2.88 bits per heavy atom. The van der Waals surface area contributed by atoms with Gasteiger partial charge in [-0.3, -0.25) is 4.79 Å². The van der Waals surface area contributed by atoms with Gasteiger partial charge in [0.1, 0.15) is 5.69 Å². The number of nitrogens with zero attached hydrogens (tertiary/aromatic N) is 4. The predicted octanol–water partition coefficient (Wildman–Crippen LogP) is 1.70. The molecule has 0 aliphatic carbocycles. The number of hydrogen-bond donors (Lipinski definition) is 1. The number of H-pyrrole nitrogens is 1. The minimum absolute atomic E-state index is 0.0166. The Balaban J connectivity index is 1.53. The summed E-state index contributed by atoms with van der Waals surface area (Å²) in [6.45, 7) is 3.87. The molecule has 1 unspecified atom stereocenters. The standard InChI is InChI=1S/C18H22FN5O2/c19-14-9-21-17(22-10-14)24-7-8-26-13-18(12-24)4-2-6-23(11-18)16(25)15-3-1-5-20-15/h1,3,5,9-10,20H,2,4,6-8,11-13H2. The molecule has 1 atom stereocenters. The van der Waals surface area contributed by atoms with Crippen LogP contribution in [0.3, 0.4) is 0 Å². The molecule has 8 heteroatoms. The van der Waals surface area contributed by atoms with Crippen LogP contribution in [-0.4, -0.2) is 65.2 Å².